The topological polar surface area (TPSA) is 148 Å². The molecular weight excluding hydrogens is 438 g/mol. The summed E-state index contributed by atoms with van der Waals surface area (Å²) in [7, 11) is -2.32. The number of aromatic nitrogens is 2. The summed E-state index contributed by atoms with van der Waals surface area (Å²) in [4.78, 5) is 40.8. The van der Waals surface area contributed by atoms with Gasteiger partial charge in [0.2, 0.25) is 10.0 Å². The number of aromatic amines is 1. The number of H-pyrrole nitrogens is 1. The number of nitrogens with one attached hydrogen (secondary N) is 1. The number of anilines is 2. The number of unbranched alkanes of at least 4 members (excludes halogenated alkanes) is 1. The van der Waals surface area contributed by atoms with Crippen molar-refractivity contribution in [1.29, 1.82) is 0 Å². The van der Waals surface area contributed by atoms with Gasteiger partial charge in [0.25, 0.3) is 11.5 Å². The number of rotatable bonds is 7. The van der Waals surface area contributed by atoms with Gasteiger partial charge in [-0.15, -0.1) is 0 Å². The molecule has 0 saturated carbocycles. The first-order valence-electron chi connectivity index (χ1n) is 10.3. The van der Waals surface area contributed by atoms with Crippen molar-refractivity contribution in [1.82, 2.24) is 13.9 Å². The summed E-state index contributed by atoms with van der Waals surface area (Å²) in [5.41, 5.74) is 4.67. The van der Waals surface area contributed by atoms with Crippen molar-refractivity contribution in [3.8, 4) is 0 Å². The third-order valence-corrected chi connectivity index (χ3v) is 7.21. The minimum atomic E-state index is -3.69. The maximum absolute atomic E-state index is 13.0. The van der Waals surface area contributed by atoms with Gasteiger partial charge in [0.05, 0.1) is 18.1 Å². The standard InChI is InChI=1S/C20H27N5O6S/c1-3-4-9-25-17(21)16(18(26)22-20(25)28)23(2)19(27)14-5-7-15(8-6-14)32(29,30)24-10-12-31-13-11-24/h5-8H,3-4,9-13,21H2,1-2H3,(H,22,26,28). The number of nitrogens with zero attached hydrogens (tertiary/aromatic N) is 3. The SMILES string of the molecule is CCCCn1c(N)c(N(C)C(=O)c2ccc(S(=O)(=O)N3CCOCC3)cc2)c(=O)[nH]c1=O. The van der Waals surface area contributed by atoms with Gasteiger partial charge < -0.3 is 15.4 Å². The van der Waals surface area contributed by atoms with E-state index in [1.54, 1.807) is 0 Å². The Morgan fingerprint density at radius 2 is 1.81 bits per heavy atom. The van der Waals surface area contributed by atoms with E-state index in [0.29, 0.717) is 26.2 Å². The van der Waals surface area contributed by atoms with E-state index < -0.39 is 27.2 Å². The van der Waals surface area contributed by atoms with Crippen LogP contribution >= 0.6 is 0 Å². The molecule has 3 rings (SSSR count). The van der Waals surface area contributed by atoms with Crippen LogP contribution in [0.2, 0.25) is 0 Å². The van der Waals surface area contributed by atoms with Crippen LogP contribution in [0.3, 0.4) is 0 Å². The van der Waals surface area contributed by atoms with Crippen molar-refractivity contribution < 1.29 is 17.9 Å². The predicted molar refractivity (Wildman–Crippen MR) is 119 cm³/mol. The first kappa shape index (κ1) is 23.7. The zero-order valence-corrected chi connectivity index (χ0v) is 18.9. The number of carbonyl (C=O) groups excluding carboxylic acids is 1. The molecule has 0 spiro atoms. The van der Waals surface area contributed by atoms with E-state index in [4.69, 9.17) is 10.5 Å². The monoisotopic (exact) mass is 465 g/mol. The van der Waals surface area contributed by atoms with Gasteiger partial charge in [0.15, 0.2) is 5.69 Å². The van der Waals surface area contributed by atoms with Gasteiger partial charge in [-0.25, -0.2) is 13.2 Å². The highest BCUT2D eigenvalue weighted by atomic mass is 32.2. The number of ether oxygens (including phenoxy) is 1. The highest BCUT2D eigenvalue weighted by molar-refractivity contribution is 7.89. The molecule has 3 N–H and O–H groups in total. The van der Waals surface area contributed by atoms with E-state index in [1.165, 1.54) is 40.2 Å². The number of sulfonamides is 1. The second-order valence-electron chi connectivity index (χ2n) is 7.40. The highest BCUT2D eigenvalue weighted by Gasteiger charge is 2.27. The molecule has 1 aromatic heterocycles. The van der Waals surface area contributed by atoms with Crippen LogP contribution in [0.4, 0.5) is 11.5 Å². The van der Waals surface area contributed by atoms with Gasteiger partial charge in [0, 0.05) is 32.2 Å². The van der Waals surface area contributed by atoms with E-state index in [1.807, 2.05) is 6.92 Å². The van der Waals surface area contributed by atoms with Crippen molar-refractivity contribution in [2.24, 2.45) is 0 Å². The Balaban J connectivity index is 1.88. The molecule has 0 bridgehead atoms. The lowest BCUT2D eigenvalue weighted by atomic mass is 10.2. The number of hydrogen-bond acceptors (Lipinski definition) is 7. The Morgan fingerprint density at radius 1 is 1.19 bits per heavy atom. The lowest BCUT2D eigenvalue weighted by molar-refractivity contribution is 0.0730. The molecule has 174 valence electrons. The van der Waals surface area contributed by atoms with Gasteiger partial charge in [-0.05, 0) is 30.7 Å². The molecule has 0 atom stereocenters. The molecule has 0 aliphatic carbocycles. The molecule has 2 heterocycles. The smallest absolute Gasteiger partial charge is 0.330 e. The van der Waals surface area contributed by atoms with E-state index in [2.05, 4.69) is 4.98 Å². The molecule has 12 heteroatoms. The number of carbonyl (C=O) groups is 1. The van der Waals surface area contributed by atoms with Crippen molar-refractivity contribution in [2.45, 2.75) is 31.2 Å². The molecule has 1 saturated heterocycles. The first-order valence-corrected chi connectivity index (χ1v) is 11.7. The van der Waals surface area contributed by atoms with Crippen LogP contribution in [0.15, 0.2) is 38.8 Å². The normalized spacial score (nSPS) is 14.9. The van der Waals surface area contributed by atoms with Gasteiger partial charge in [-0.1, -0.05) is 13.3 Å². The largest absolute Gasteiger partial charge is 0.383 e. The number of amides is 1. The van der Waals surface area contributed by atoms with Crippen LogP contribution in [0.5, 0.6) is 0 Å². The van der Waals surface area contributed by atoms with Crippen LogP contribution in [-0.2, 0) is 21.3 Å². The van der Waals surface area contributed by atoms with Crippen LogP contribution in [-0.4, -0.2) is 61.5 Å². The molecule has 32 heavy (non-hydrogen) atoms. The average molecular weight is 466 g/mol. The lowest BCUT2D eigenvalue weighted by Crippen LogP contribution is -2.40. The molecule has 1 amide bonds. The molecule has 1 fully saturated rings. The molecule has 1 aromatic carbocycles. The summed E-state index contributed by atoms with van der Waals surface area (Å²) in [6.07, 6.45) is 1.49. The first-order chi connectivity index (χ1) is 15.2. The average Bonchev–Trinajstić information content (AvgIpc) is 2.79. The fourth-order valence-corrected chi connectivity index (χ4v) is 4.85. The second kappa shape index (κ2) is 9.67. The maximum atomic E-state index is 13.0. The summed E-state index contributed by atoms with van der Waals surface area (Å²) in [6.45, 7) is 3.45. The van der Waals surface area contributed by atoms with Crippen LogP contribution in [0, 0.1) is 0 Å². The van der Waals surface area contributed by atoms with Crippen molar-refractivity contribution in [3.63, 3.8) is 0 Å². The number of nitrogens with two attached hydrogens (primary N) is 1. The molecule has 0 radical (unpaired) electrons. The van der Waals surface area contributed by atoms with Gasteiger partial charge in [-0.3, -0.25) is 19.1 Å². The Kier molecular flexibility index (Phi) is 7.16. The molecular formula is C20H27N5O6S. The lowest BCUT2D eigenvalue weighted by Gasteiger charge is -2.26. The summed E-state index contributed by atoms with van der Waals surface area (Å²) < 4.78 is 33.2. The molecule has 11 nitrogen and oxygen atoms in total. The second-order valence-corrected chi connectivity index (χ2v) is 9.34. The fraction of sp³-hybridized carbons (Fsp3) is 0.450. The van der Waals surface area contributed by atoms with Crippen molar-refractivity contribution in [2.75, 3.05) is 44.0 Å². The minimum Gasteiger partial charge on any atom is -0.383 e. The summed E-state index contributed by atoms with van der Waals surface area (Å²) in [5.74, 6) is -0.673. The number of hydrogen-bond donors (Lipinski definition) is 2. The summed E-state index contributed by atoms with van der Waals surface area (Å²) >= 11 is 0. The van der Waals surface area contributed by atoms with E-state index >= 15 is 0 Å². The van der Waals surface area contributed by atoms with Crippen molar-refractivity contribution >= 4 is 27.4 Å². The van der Waals surface area contributed by atoms with Crippen LogP contribution < -0.4 is 21.9 Å². The summed E-state index contributed by atoms with van der Waals surface area (Å²) in [6, 6.07) is 5.45. The number of benzene rings is 1. The van der Waals surface area contributed by atoms with Gasteiger partial charge in [-0.2, -0.15) is 4.31 Å². The van der Waals surface area contributed by atoms with E-state index in [9.17, 15) is 22.8 Å². The number of morpholine rings is 1. The van der Waals surface area contributed by atoms with E-state index in [0.717, 1.165) is 11.3 Å². The number of nitrogen functional groups attached to an aromatic ring is 1. The zero-order valence-electron chi connectivity index (χ0n) is 18.0. The predicted octanol–water partition coefficient (Wildman–Crippen LogP) is 0.216. The quantitative estimate of drug-likeness (QED) is 0.594. The Labute approximate surface area is 185 Å². The molecule has 0 unspecified atom stereocenters. The van der Waals surface area contributed by atoms with E-state index in [-0.39, 0.29) is 35.1 Å². The maximum Gasteiger partial charge on any atom is 0.330 e. The Hall–Kier alpha value is -2.96. The third-order valence-electron chi connectivity index (χ3n) is 5.30. The Bertz CT molecular complexity index is 1200. The fourth-order valence-electron chi connectivity index (χ4n) is 3.44. The molecule has 1 aliphatic heterocycles. The Morgan fingerprint density at radius 3 is 2.41 bits per heavy atom. The molecule has 1 aliphatic rings. The highest BCUT2D eigenvalue weighted by Crippen LogP contribution is 2.21. The van der Waals surface area contributed by atoms with Crippen molar-refractivity contribution in [3.05, 3.63) is 50.7 Å². The third kappa shape index (κ3) is 4.61. The van der Waals surface area contributed by atoms with Crippen LogP contribution in [0.25, 0.3) is 0 Å². The minimum absolute atomic E-state index is 0.0593. The summed E-state index contributed by atoms with van der Waals surface area (Å²) in [5, 5.41) is 0. The zero-order chi connectivity index (χ0) is 23.5. The van der Waals surface area contributed by atoms with Gasteiger partial charge >= 0.3 is 5.69 Å². The molecule has 2 aromatic rings. The van der Waals surface area contributed by atoms with Crippen LogP contribution in [0.1, 0.15) is 30.1 Å². The van der Waals surface area contributed by atoms with Gasteiger partial charge in [0.1, 0.15) is 5.82 Å².